The standard InChI is InChI=1S/C20H19NO2S2/c22-20(23-12-4-7-16-6-3-11-21-14-16)18-9-1-2-10-19(18)25-15-17-8-5-13-24-17/h1-3,5-6,8-11,13-14H,4,7,12,15H2. The lowest BCUT2D eigenvalue weighted by atomic mass is 10.2. The Bertz CT molecular complexity index is 788. The van der Waals surface area contributed by atoms with Crippen LogP contribution < -0.4 is 0 Å². The van der Waals surface area contributed by atoms with E-state index in [0.29, 0.717) is 12.2 Å². The molecule has 0 amide bonds. The largest absolute Gasteiger partial charge is 0.462 e. The van der Waals surface area contributed by atoms with Gasteiger partial charge in [-0.25, -0.2) is 4.79 Å². The molecule has 0 spiro atoms. The van der Waals surface area contributed by atoms with Gasteiger partial charge in [-0.2, -0.15) is 0 Å². The zero-order valence-corrected chi connectivity index (χ0v) is 15.4. The van der Waals surface area contributed by atoms with Gasteiger partial charge in [-0.3, -0.25) is 4.98 Å². The quantitative estimate of drug-likeness (QED) is 0.310. The Kier molecular flexibility index (Phi) is 6.65. The molecule has 3 nitrogen and oxygen atoms in total. The van der Waals surface area contributed by atoms with Gasteiger partial charge in [-0.15, -0.1) is 23.1 Å². The van der Waals surface area contributed by atoms with Crippen molar-refractivity contribution >= 4 is 29.1 Å². The van der Waals surface area contributed by atoms with Crippen molar-refractivity contribution in [2.75, 3.05) is 6.61 Å². The van der Waals surface area contributed by atoms with E-state index >= 15 is 0 Å². The van der Waals surface area contributed by atoms with Crippen molar-refractivity contribution < 1.29 is 9.53 Å². The van der Waals surface area contributed by atoms with E-state index < -0.39 is 0 Å². The van der Waals surface area contributed by atoms with Crippen LogP contribution in [0.25, 0.3) is 0 Å². The Morgan fingerprint density at radius 2 is 2.04 bits per heavy atom. The lowest BCUT2D eigenvalue weighted by Gasteiger charge is -2.09. The highest BCUT2D eigenvalue weighted by Crippen LogP contribution is 2.28. The molecule has 0 aliphatic heterocycles. The fraction of sp³-hybridized carbons (Fsp3) is 0.200. The van der Waals surface area contributed by atoms with Crippen molar-refractivity contribution in [3.63, 3.8) is 0 Å². The molecular formula is C20H19NO2S2. The van der Waals surface area contributed by atoms with Crippen molar-refractivity contribution in [3.8, 4) is 0 Å². The van der Waals surface area contributed by atoms with Crippen LogP contribution in [0.2, 0.25) is 0 Å². The summed E-state index contributed by atoms with van der Waals surface area (Å²) in [5.41, 5.74) is 1.80. The molecular weight excluding hydrogens is 350 g/mol. The summed E-state index contributed by atoms with van der Waals surface area (Å²) < 4.78 is 5.46. The fourth-order valence-corrected chi connectivity index (χ4v) is 4.18. The summed E-state index contributed by atoms with van der Waals surface area (Å²) in [6.45, 7) is 0.414. The van der Waals surface area contributed by atoms with Gasteiger partial charge in [0.05, 0.1) is 12.2 Å². The number of nitrogens with zero attached hydrogens (tertiary/aromatic N) is 1. The average Bonchev–Trinajstić information content (AvgIpc) is 3.18. The van der Waals surface area contributed by atoms with Gasteiger partial charge in [-0.1, -0.05) is 24.3 Å². The summed E-state index contributed by atoms with van der Waals surface area (Å²) in [7, 11) is 0. The maximum atomic E-state index is 12.4. The molecule has 0 saturated carbocycles. The molecule has 0 aliphatic carbocycles. The van der Waals surface area contributed by atoms with Crippen LogP contribution in [0.15, 0.2) is 71.2 Å². The summed E-state index contributed by atoms with van der Waals surface area (Å²) in [6, 6.07) is 15.7. The molecule has 0 bridgehead atoms. The summed E-state index contributed by atoms with van der Waals surface area (Å²) >= 11 is 3.40. The predicted molar refractivity (Wildman–Crippen MR) is 103 cm³/mol. The zero-order valence-electron chi connectivity index (χ0n) is 13.8. The third-order valence-electron chi connectivity index (χ3n) is 3.62. The first kappa shape index (κ1) is 17.7. The van der Waals surface area contributed by atoms with E-state index in [-0.39, 0.29) is 5.97 Å². The van der Waals surface area contributed by atoms with Gasteiger partial charge in [0.2, 0.25) is 0 Å². The highest BCUT2D eigenvalue weighted by atomic mass is 32.2. The number of aromatic nitrogens is 1. The van der Waals surface area contributed by atoms with Gasteiger partial charge in [-0.05, 0) is 48.1 Å². The molecule has 0 saturated heterocycles. The van der Waals surface area contributed by atoms with Gasteiger partial charge in [0, 0.05) is 27.9 Å². The first-order chi connectivity index (χ1) is 12.3. The van der Waals surface area contributed by atoms with Crippen molar-refractivity contribution in [3.05, 3.63) is 82.3 Å². The maximum Gasteiger partial charge on any atom is 0.339 e. The highest BCUT2D eigenvalue weighted by molar-refractivity contribution is 7.98. The summed E-state index contributed by atoms with van der Waals surface area (Å²) in [4.78, 5) is 18.7. The van der Waals surface area contributed by atoms with Gasteiger partial charge in [0.15, 0.2) is 0 Å². The summed E-state index contributed by atoms with van der Waals surface area (Å²) in [5.74, 6) is 0.614. The molecule has 128 valence electrons. The molecule has 3 rings (SSSR count). The molecule has 0 radical (unpaired) electrons. The van der Waals surface area contributed by atoms with Crippen LogP contribution in [0.1, 0.15) is 27.2 Å². The Labute approximate surface area is 156 Å². The lowest BCUT2D eigenvalue weighted by Crippen LogP contribution is -2.08. The minimum absolute atomic E-state index is 0.250. The first-order valence-electron chi connectivity index (χ1n) is 8.13. The van der Waals surface area contributed by atoms with Crippen molar-refractivity contribution in [2.45, 2.75) is 23.5 Å². The van der Waals surface area contributed by atoms with E-state index in [0.717, 1.165) is 29.1 Å². The molecule has 2 aromatic heterocycles. The van der Waals surface area contributed by atoms with Crippen LogP contribution in [0.5, 0.6) is 0 Å². The molecule has 0 fully saturated rings. The third kappa shape index (κ3) is 5.44. The number of pyridine rings is 1. The molecule has 2 heterocycles. The smallest absolute Gasteiger partial charge is 0.339 e. The normalized spacial score (nSPS) is 10.6. The number of rotatable bonds is 8. The van der Waals surface area contributed by atoms with Crippen molar-refractivity contribution in [2.24, 2.45) is 0 Å². The van der Waals surface area contributed by atoms with Gasteiger partial charge in [0.1, 0.15) is 0 Å². The number of aryl methyl sites for hydroxylation is 1. The van der Waals surface area contributed by atoms with Gasteiger partial charge >= 0.3 is 5.97 Å². The topological polar surface area (TPSA) is 39.2 Å². The van der Waals surface area contributed by atoms with Gasteiger partial charge < -0.3 is 4.74 Å². The summed E-state index contributed by atoms with van der Waals surface area (Å²) in [6.07, 6.45) is 5.25. The number of benzene rings is 1. The van der Waals surface area contributed by atoms with E-state index in [1.165, 1.54) is 4.88 Å². The Morgan fingerprint density at radius 3 is 2.84 bits per heavy atom. The van der Waals surface area contributed by atoms with Crippen LogP contribution in [-0.2, 0) is 16.9 Å². The fourth-order valence-electron chi connectivity index (χ4n) is 2.37. The lowest BCUT2D eigenvalue weighted by molar-refractivity contribution is 0.0496. The number of carbonyl (C=O) groups is 1. The second-order valence-electron chi connectivity index (χ2n) is 5.46. The number of esters is 1. The minimum atomic E-state index is -0.250. The SMILES string of the molecule is O=C(OCCCc1cccnc1)c1ccccc1SCc1cccs1. The van der Waals surface area contributed by atoms with E-state index in [9.17, 15) is 4.79 Å². The number of hydrogen-bond acceptors (Lipinski definition) is 5. The monoisotopic (exact) mass is 369 g/mol. The maximum absolute atomic E-state index is 12.4. The Morgan fingerprint density at radius 1 is 1.12 bits per heavy atom. The van der Waals surface area contributed by atoms with Crippen LogP contribution in [0.4, 0.5) is 0 Å². The third-order valence-corrected chi connectivity index (χ3v) is 5.80. The first-order valence-corrected chi connectivity index (χ1v) is 10.00. The predicted octanol–water partition coefficient (Wildman–Crippen LogP) is 5.23. The minimum Gasteiger partial charge on any atom is -0.462 e. The molecule has 0 N–H and O–H groups in total. The Hall–Kier alpha value is -2.11. The number of thiophene rings is 1. The molecule has 5 heteroatoms. The second kappa shape index (κ2) is 9.39. The zero-order chi connectivity index (χ0) is 17.3. The molecule has 0 aliphatic rings. The molecule has 1 aromatic carbocycles. The molecule has 25 heavy (non-hydrogen) atoms. The molecule has 3 aromatic rings. The van der Waals surface area contributed by atoms with Crippen molar-refractivity contribution in [1.29, 1.82) is 0 Å². The number of hydrogen-bond donors (Lipinski definition) is 0. The number of thioether (sulfide) groups is 1. The number of ether oxygens (including phenoxy) is 1. The van der Waals surface area contributed by atoms with E-state index in [1.807, 2.05) is 48.7 Å². The Balaban J connectivity index is 1.51. The molecule has 0 unspecified atom stereocenters. The van der Waals surface area contributed by atoms with Gasteiger partial charge in [0.25, 0.3) is 0 Å². The summed E-state index contributed by atoms with van der Waals surface area (Å²) in [5, 5.41) is 2.07. The number of carbonyl (C=O) groups excluding carboxylic acids is 1. The van der Waals surface area contributed by atoms with E-state index in [2.05, 4.69) is 16.4 Å². The average molecular weight is 370 g/mol. The van der Waals surface area contributed by atoms with Crippen molar-refractivity contribution in [1.82, 2.24) is 4.98 Å². The van der Waals surface area contributed by atoms with Crippen LogP contribution in [0, 0.1) is 0 Å². The second-order valence-corrected chi connectivity index (χ2v) is 7.51. The van der Waals surface area contributed by atoms with Crippen LogP contribution in [-0.4, -0.2) is 17.6 Å². The molecule has 0 atom stereocenters. The van der Waals surface area contributed by atoms with Crippen LogP contribution >= 0.6 is 23.1 Å². The van der Waals surface area contributed by atoms with E-state index in [1.54, 1.807) is 29.3 Å². The van der Waals surface area contributed by atoms with E-state index in [4.69, 9.17) is 4.74 Å². The highest BCUT2D eigenvalue weighted by Gasteiger charge is 2.13. The van der Waals surface area contributed by atoms with Crippen LogP contribution in [0.3, 0.4) is 0 Å².